The minimum atomic E-state index is 1.00. The van der Waals surface area contributed by atoms with E-state index in [0.29, 0.717) is 0 Å². The molecule has 0 aliphatic carbocycles. The van der Waals surface area contributed by atoms with Crippen LogP contribution in [0, 0.1) is 5.92 Å². The molecular weight excluding hydrogens is 122 g/mol. The molecule has 0 saturated carbocycles. The Hall–Kier alpha value is -0.330. The van der Waals surface area contributed by atoms with Gasteiger partial charge in [0.25, 0.3) is 0 Å². The third-order valence-corrected chi connectivity index (χ3v) is 2.40. The van der Waals surface area contributed by atoms with Gasteiger partial charge in [0.2, 0.25) is 0 Å². The molecular formula is C9H18N+. The van der Waals surface area contributed by atoms with E-state index < -0.39 is 0 Å². The normalized spacial score (nSPS) is 21.5. The molecule has 1 fully saturated rings. The Morgan fingerprint density at radius 1 is 1.40 bits per heavy atom. The summed E-state index contributed by atoms with van der Waals surface area (Å²) < 4.78 is 2.19. The van der Waals surface area contributed by atoms with Crippen LogP contribution in [-0.4, -0.2) is 24.4 Å². The van der Waals surface area contributed by atoms with Gasteiger partial charge in [-0.1, -0.05) is 19.8 Å². The van der Waals surface area contributed by atoms with Crippen molar-refractivity contribution in [2.24, 2.45) is 5.92 Å². The quantitative estimate of drug-likeness (QED) is 0.515. The van der Waals surface area contributed by atoms with E-state index in [1.54, 1.807) is 0 Å². The van der Waals surface area contributed by atoms with Crippen molar-refractivity contribution in [1.82, 2.24) is 0 Å². The minimum absolute atomic E-state index is 1.00. The maximum Gasteiger partial charge on any atom is 0.142 e. The Bertz CT molecular complexity index is 108. The molecule has 1 heterocycles. The van der Waals surface area contributed by atoms with Gasteiger partial charge in [-0.3, -0.25) is 0 Å². The van der Waals surface area contributed by atoms with Gasteiger partial charge in [-0.2, -0.15) is 0 Å². The first kappa shape index (κ1) is 7.77. The lowest BCUT2D eigenvalue weighted by Crippen LogP contribution is -2.24. The van der Waals surface area contributed by atoms with Crippen molar-refractivity contribution in [2.45, 2.75) is 32.6 Å². The lowest BCUT2D eigenvalue weighted by atomic mass is 9.93. The highest BCUT2D eigenvalue weighted by atomic mass is 15.0. The second kappa shape index (κ2) is 3.75. The summed E-state index contributed by atoms with van der Waals surface area (Å²) in [5.74, 6) is 1.00. The average Bonchev–Trinajstić information content (AvgIpc) is 1.95. The number of rotatable bonds is 2. The number of nitrogens with zero attached hydrogens (tertiary/aromatic N) is 1. The van der Waals surface area contributed by atoms with Gasteiger partial charge < -0.3 is 0 Å². The number of hydrogen-bond donors (Lipinski definition) is 0. The van der Waals surface area contributed by atoms with Gasteiger partial charge in [0.15, 0.2) is 0 Å². The highest BCUT2D eigenvalue weighted by Crippen LogP contribution is 2.18. The summed E-state index contributed by atoms with van der Waals surface area (Å²) in [6.07, 6.45) is 5.52. The predicted molar refractivity (Wildman–Crippen MR) is 44.7 cm³/mol. The van der Waals surface area contributed by atoms with Crippen molar-refractivity contribution in [2.75, 3.05) is 13.1 Å². The van der Waals surface area contributed by atoms with E-state index in [9.17, 15) is 0 Å². The fourth-order valence-electron chi connectivity index (χ4n) is 1.68. The van der Waals surface area contributed by atoms with Crippen molar-refractivity contribution in [3.63, 3.8) is 0 Å². The van der Waals surface area contributed by atoms with E-state index in [4.69, 9.17) is 0 Å². The molecule has 0 spiro atoms. The van der Waals surface area contributed by atoms with Crippen LogP contribution in [0.3, 0.4) is 0 Å². The molecule has 0 atom stereocenters. The van der Waals surface area contributed by atoms with Crippen molar-refractivity contribution in [3.8, 4) is 0 Å². The molecule has 0 aromatic rings. The fraction of sp³-hybridized carbons (Fsp3) is 0.889. The van der Waals surface area contributed by atoms with Gasteiger partial charge in [-0.15, -0.1) is 0 Å². The van der Waals surface area contributed by atoms with E-state index in [1.165, 1.54) is 38.8 Å². The van der Waals surface area contributed by atoms with Crippen LogP contribution < -0.4 is 0 Å². The third-order valence-electron chi connectivity index (χ3n) is 2.40. The predicted octanol–water partition coefficient (Wildman–Crippen LogP) is 1.91. The summed E-state index contributed by atoms with van der Waals surface area (Å²) in [4.78, 5) is 0. The van der Waals surface area contributed by atoms with Crippen LogP contribution in [0.2, 0.25) is 0 Å². The monoisotopic (exact) mass is 140 g/mol. The second-order valence-corrected chi connectivity index (χ2v) is 3.35. The van der Waals surface area contributed by atoms with Gasteiger partial charge >= 0.3 is 0 Å². The summed E-state index contributed by atoms with van der Waals surface area (Å²) in [6.45, 7) is 8.63. The zero-order valence-corrected chi connectivity index (χ0v) is 6.97. The largest absolute Gasteiger partial charge is 0.242 e. The molecule has 58 valence electrons. The van der Waals surface area contributed by atoms with E-state index in [1.807, 2.05) is 0 Å². The minimum Gasteiger partial charge on any atom is -0.242 e. The fourth-order valence-corrected chi connectivity index (χ4v) is 1.68. The molecule has 0 radical (unpaired) electrons. The molecule has 10 heavy (non-hydrogen) atoms. The van der Waals surface area contributed by atoms with Crippen LogP contribution in [0.25, 0.3) is 0 Å². The molecule has 1 saturated heterocycles. The SMILES string of the molecule is C=[N+]1CCC(CCC)CC1. The first-order chi connectivity index (χ1) is 4.83. The molecule has 1 rings (SSSR count). The maximum absolute atomic E-state index is 3.93. The Kier molecular flexibility index (Phi) is 2.91. The van der Waals surface area contributed by atoms with Gasteiger partial charge in [-0.25, -0.2) is 4.58 Å². The van der Waals surface area contributed by atoms with E-state index >= 15 is 0 Å². The summed E-state index contributed by atoms with van der Waals surface area (Å²) in [5, 5.41) is 0. The molecule has 0 N–H and O–H groups in total. The highest BCUT2D eigenvalue weighted by molar-refractivity contribution is 5.14. The standard InChI is InChI=1S/C9H18N/c1-3-4-9-5-7-10(2)8-6-9/h9H,2-8H2,1H3/q+1. The molecule has 0 aromatic heterocycles. The Morgan fingerprint density at radius 2 is 2.00 bits per heavy atom. The van der Waals surface area contributed by atoms with E-state index in [0.717, 1.165) is 5.92 Å². The smallest absolute Gasteiger partial charge is 0.142 e. The molecule has 1 nitrogen and oxygen atoms in total. The van der Waals surface area contributed by atoms with Gasteiger partial charge in [-0.05, 0) is 5.92 Å². The summed E-state index contributed by atoms with van der Waals surface area (Å²) in [7, 11) is 0. The maximum atomic E-state index is 3.93. The van der Waals surface area contributed by atoms with E-state index in [2.05, 4.69) is 18.2 Å². The molecule has 1 heteroatoms. The van der Waals surface area contributed by atoms with Crippen LogP contribution in [0.15, 0.2) is 0 Å². The third kappa shape index (κ3) is 2.13. The number of hydrogen-bond acceptors (Lipinski definition) is 0. The Labute approximate surface area is 63.8 Å². The highest BCUT2D eigenvalue weighted by Gasteiger charge is 2.17. The zero-order chi connectivity index (χ0) is 7.40. The summed E-state index contributed by atoms with van der Waals surface area (Å²) >= 11 is 0. The second-order valence-electron chi connectivity index (χ2n) is 3.35. The van der Waals surface area contributed by atoms with Gasteiger partial charge in [0.1, 0.15) is 19.8 Å². The topological polar surface area (TPSA) is 3.01 Å². The van der Waals surface area contributed by atoms with Crippen molar-refractivity contribution >= 4 is 6.72 Å². The van der Waals surface area contributed by atoms with Crippen molar-refractivity contribution in [1.29, 1.82) is 0 Å². The van der Waals surface area contributed by atoms with Crippen LogP contribution in [0.1, 0.15) is 32.6 Å². The molecule has 0 amide bonds. The first-order valence-corrected chi connectivity index (χ1v) is 4.38. The van der Waals surface area contributed by atoms with Gasteiger partial charge in [0, 0.05) is 12.8 Å². The Morgan fingerprint density at radius 3 is 2.50 bits per heavy atom. The Balaban J connectivity index is 2.19. The first-order valence-electron chi connectivity index (χ1n) is 4.38. The summed E-state index contributed by atoms with van der Waals surface area (Å²) in [5.41, 5.74) is 0. The average molecular weight is 140 g/mol. The van der Waals surface area contributed by atoms with Crippen LogP contribution in [0.4, 0.5) is 0 Å². The van der Waals surface area contributed by atoms with Crippen LogP contribution >= 0.6 is 0 Å². The molecule has 0 unspecified atom stereocenters. The summed E-state index contributed by atoms with van der Waals surface area (Å²) in [6, 6.07) is 0. The lowest BCUT2D eigenvalue weighted by Gasteiger charge is -2.18. The van der Waals surface area contributed by atoms with Crippen molar-refractivity contribution < 1.29 is 4.58 Å². The molecule has 0 aromatic carbocycles. The van der Waals surface area contributed by atoms with E-state index in [-0.39, 0.29) is 0 Å². The lowest BCUT2D eigenvalue weighted by molar-refractivity contribution is -0.532. The van der Waals surface area contributed by atoms with Gasteiger partial charge in [0.05, 0.1) is 0 Å². The molecule has 0 bridgehead atoms. The van der Waals surface area contributed by atoms with Crippen LogP contribution in [0.5, 0.6) is 0 Å². The molecule has 1 aliphatic heterocycles. The van der Waals surface area contributed by atoms with Crippen molar-refractivity contribution in [3.05, 3.63) is 0 Å². The zero-order valence-electron chi connectivity index (χ0n) is 6.97. The molecule has 1 aliphatic rings. The number of piperidine rings is 1. The van der Waals surface area contributed by atoms with Crippen LogP contribution in [-0.2, 0) is 0 Å².